The third-order valence-corrected chi connectivity index (χ3v) is 4.64. The maximum atomic E-state index is 9.12. The molecular formula is C12H22N2O. The van der Waals surface area contributed by atoms with Crippen molar-refractivity contribution in [1.29, 1.82) is 0 Å². The van der Waals surface area contributed by atoms with E-state index in [1.165, 1.54) is 45.2 Å². The molecule has 1 unspecified atom stereocenters. The quantitative estimate of drug-likeness (QED) is 0.700. The van der Waals surface area contributed by atoms with Crippen molar-refractivity contribution in [2.75, 3.05) is 19.7 Å². The van der Waals surface area contributed by atoms with E-state index in [9.17, 15) is 0 Å². The van der Waals surface area contributed by atoms with Gasteiger partial charge >= 0.3 is 0 Å². The molecule has 0 spiro atoms. The van der Waals surface area contributed by atoms with Crippen molar-refractivity contribution in [3.8, 4) is 0 Å². The molecule has 1 saturated carbocycles. The van der Waals surface area contributed by atoms with Crippen molar-refractivity contribution in [3.63, 3.8) is 0 Å². The molecule has 86 valence electrons. The van der Waals surface area contributed by atoms with E-state index in [1.807, 2.05) is 0 Å². The van der Waals surface area contributed by atoms with E-state index in [2.05, 4.69) is 10.2 Å². The average molecular weight is 210 g/mol. The fourth-order valence-corrected chi connectivity index (χ4v) is 3.70. The van der Waals surface area contributed by atoms with Gasteiger partial charge in [0.15, 0.2) is 0 Å². The molecule has 3 nitrogen and oxygen atoms in total. The topological polar surface area (TPSA) is 35.5 Å². The minimum Gasteiger partial charge on any atom is -0.396 e. The van der Waals surface area contributed by atoms with E-state index in [0.717, 1.165) is 18.1 Å². The molecule has 0 aromatic carbocycles. The molecule has 3 rings (SSSR count). The smallest absolute Gasteiger partial charge is 0.0459 e. The lowest BCUT2D eigenvalue weighted by Gasteiger charge is -2.39. The predicted octanol–water partition coefficient (Wildman–Crippen LogP) is 0.584. The third kappa shape index (κ3) is 1.81. The van der Waals surface area contributed by atoms with Crippen LogP contribution >= 0.6 is 0 Å². The molecule has 1 aliphatic carbocycles. The van der Waals surface area contributed by atoms with E-state index in [1.54, 1.807) is 0 Å². The van der Waals surface area contributed by atoms with Crippen LogP contribution in [0.5, 0.6) is 0 Å². The summed E-state index contributed by atoms with van der Waals surface area (Å²) in [7, 11) is 0. The highest BCUT2D eigenvalue weighted by atomic mass is 16.3. The molecular weight excluding hydrogens is 188 g/mol. The second kappa shape index (κ2) is 4.04. The first kappa shape index (κ1) is 10.1. The number of likely N-dealkylation sites (tertiary alicyclic amines) is 1. The summed E-state index contributed by atoms with van der Waals surface area (Å²) in [5.74, 6) is 0.596. The van der Waals surface area contributed by atoms with Crippen molar-refractivity contribution in [2.45, 2.75) is 50.2 Å². The molecule has 2 atom stereocenters. The van der Waals surface area contributed by atoms with E-state index >= 15 is 0 Å². The Morgan fingerprint density at radius 3 is 2.47 bits per heavy atom. The Morgan fingerprint density at radius 2 is 1.93 bits per heavy atom. The summed E-state index contributed by atoms with van der Waals surface area (Å²) in [4.78, 5) is 2.74. The van der Waals surface area contributed by atoms with Gasteiger partial charge in [0.25, 0.3) is 0 Å². The van der Waals surface area contributed by atoms with Crippen LogP contribution in [0.3, 0.4) is 0 Å². The second-order valence-electron chi connectivity index (χ2n) is 5.55. The summed E-state index contributed by atoms with van der Waals surface area (Å²) >= 11 is 0. The SMILES string of the molecule is OCC1CCC(N2C[C@@H]3CC2CN3)CC1. The van der Waals surface area contributed by atoms with Gasteiger partial charge in [0.2, 0.25) is 0 Å². The lowest BCUT2D eigenvalue weighted by molar-refractivity contribution is 0.0926. The van der Waals surface area contributed by atoms with E-state index < -0.39 is 0 Å². The number of aliphatic hydroxyl groups is 1. The Morgan fingerprint density at radius 1 is 1.13 bits per heavy atom. The van der Waals surface area contributed by atoms with Crippen molar-refractivity contribution < 1.29 is 5.11 Å². The zero-order valence-electron chi connectivity index (χ0n) is 9.36. The van der Waals surface area contributed by atoms with Gasteiger partial charge in [-0.3, -0.25) is 4.90 Å². The van der Waals surface area contributed by atoms with Crippen LogP contribution in [0.4, 0.5) is 0 Å². The summed E-state index contributed by atoms with van der Waals surface area (Å²) in [6.07, 6.45) is 6.48. The molecule has 3 aliphatic rings. The van der Waals surface area contributed by atoms with Gasteiger partial charge in [0.1, 0.15) is 0 Å². The summed E-state index contributed by atoms with van der Waals surface area (Å²) < 4.78 is 0. The number of hydrogen-bond acceptors (Lipinski definition) is 3. The predicted molar refractivity (Wildman–Crippen MR) is 59.7 cm³/mol. The average Bonchev–Trinajstić information content (AvgIpc) is 2.91. The molecule has 0 aromatic heterocycles. The van der Waals surface area contributed by atoms with Crippen molar-refractivity contribution >= 4 is 0 Å². The van der Waals surface area contributed by atoms with Crippen molar-refractivity contribution in [1.82, 2.24) is 10.2 Å². The van der Waals surface area contributed by atoms with Crippen LogP contribution in [0, 0.1) is 5.92 Å². The van der Waals surface area contributed by atoms with E-state index in [0.29, 0.717) is 12.5 Å². The first-order chi connectivity index (χ1) is 7.36. The first-order valence-electron chi connectivity index (χ1n) is 6.47. The highest BCUT2D eigenvalue weighted by Gasteiger charge is 2.41. The fourth-order valence-electron chi connectivity index (χ4n) is 3.70. The monoisotopic (exact) mass is 210 g/mol. The molecule has 0 aromatic rings. The maximum absolute atomic E-state index is 9.12. The van der Waals surface area contributed by atoms with Gasteiger partial charge in [-0.2, -0.15) is 0 Å². The minimum absolute atomic E-state index is 0.403. The van der Waals surface area contributed by atoms with E-state index in [-0.39, 0.29) is 0 Å². The Kier molecular flexibility index (Phi) is 2.71. The third-order valence-electron chi connectivity index (χ3n) is 4.64. The van der Waals surface area contributed by atoms with Crippen LogP contribution in [0.25, 0.3) is 0 Å². The summed E-state index contributed by atoms with van der Waals surface area (Å²) in [5.41, 5.74) is 0. The van der Waals surface area contributed by atoms with Gasteiger partial charge in [-0.25, -0.2) is 0 Å². The number of rotatable bonds is 2. The Bertz CT molecular complexity index is 226. The van der Waals surface area contributed by atoms with Gasteiger partial charge in [-0.15, -0.1) is 0 Å². The summed E-state index contributed by atoms with van der Waals surface area (Å²) in [6.45, 7) is 2.89. The van der Waals surface area contributed by atoms with Gasteiger partial charge in [-0.1, -0.05) is 0 Å². The van der Waals surface area contributed by atoms with Crippen LogP contribution in [0.15, 0.2) is 0 Å². The van der Waals surface area contributed by atoms with Gasteiger partial charge in [0, 0.05) is 37.8 Å². The Balaban J connectivity index is 1.56. The first-order valence-corrected chi connectivity index (χ1v) is 6.47. The van der Waals surface area contributed by atoms with Crippen molar-refractivity contribution in [2.24, 2.45) is 5.92 Å². The van der Waals surface area contributed by atoms with Crippen LogP contribution < -0.4 is 5.32 Å². The van der Waals surface area contributed by atoms with Gasteiger partial charge in [-0.05, 0) is 38.0 Å². The highest BCUT2D eigenvalue weighted by molar-refractivity contribution is 5.00. The molecule has 2 heterocycles. The number of aliphatic hydroxyl groups excluding tert-OH is 1. The maximum Gasteiger partial charge on any atom is 0.0459 e. The minimum atomic E-state index is 0.403. The standard InChI is InChI=1S/C12H22N2O/c15-8-9-1-3-11(4-2-9)14-7-10-5-12(14)6-13-10/h9-13,15H,1-8H2/t9?,10-,11?,12?/m0/s1. The van der Waals surface area contributed by atoms with Crippen LogP contribution in [0.1, 0.15) is 32.1 Å². The van der Waals surface area contributed by atoms with Gasteiger partial charge in [0.05, 0.1) is 0 Å². The zero-order valence-corrected chi connectivity index (χ0v) is 9.36. The van der Waals surface area contributed by atoms with E-state index in [4.69, 9.17) is 5.11 Å². The lowest BCUT2D eigenvalue weighted by Crippen LogP contribution is -2.49. The molecule has 3 fully saturated rings. The molecule has 2 aliphatic heterocycles. The second-order valence-corrected chi connectivity index (χ2v) is 5.55. The molecule has 0 radical (unpaired) electrons. The molecule has 2 N–H and O–H groups in total. The summed E-state index contributed by atoms with van der Waals surface area (Å²) in [6, 6.07) is 2.43. The number of piperazine rings is 1. The number of nitrogens with zero attached hydrogens (tertiary/aromatic N) is 1. The molecule has 2 saturated heterocycles. The van der Waals surface area contributed by atoms with Crippen LogP contribution in [-0.2, 0) is 0 Å². The van der Waals surface area contributed by atoms with Crippen molar-refractivity contribution in [3.05, 3.63) is 0 Å². The largest absolute Gasteiger partial charge is 0.396 e. The highest BCUT2D eigenvalue weighted by Crippen LogP contribution is 2.33. The zero-order chi connectivity index (χ0) is 10.3. The Labute approximate surface area is 91.8 Å². The van der Waals surface area contributed by atoms with Crippen LogP contribution in [-0.4, -0.2) is 47.8 Å². The number of fused-ring (bicyclic) bond motifs is 2. The lowest BCUT2D eigenvalue weighted by atomic mass is 9.85. The molecule has 3 heteroatoms. The molecule has 0 amide bonds. The Hall–Kier alpha value is -0.120. The normalized spacial score (nSPS) is 46.2. The molecule has 15 heavy (non-hydrogen) atoms. The fraction of sp³-hybridized carbons (Fsp3) is 1.00. The summed E-state index contributed by atoms with van der Waals surface area (Å²) in [5, 5.41) is 12.7. The number of hydrogen-bond donors (Lipinski definition) is 2. The van der Waals surface area contributed by atoms with Gasteiger partial charge < -0.3 is 10.4 Å². The van der Waals surface area contributed by atoms with Crippen LogP contribution in [0.2, 0.25) is 0 Å². The molecule has 2 bridgehead atoms. The number of nitrogens with one attached hydrogen (secondary N) is 1.